The van der Waals surface area contributed by atoms with Crippen molar-refractivity contribution in [2.45, 2.75) is 19.4 Å². The average Bonchev–Trinajstić information content (AvgIpc) is 2.02. The van der Waals surface area contributed by atoms with E-state index in [1.165, 1.54) is 0 Å². The summed E-state index contributed by atoms with van der Waals surface area (Å²) < 4.78 is 5.24. The Morgan fingerprint density at radius 3 is 2.92 bits per heavy atom. The molecule has 0 spiro atoms. The van der Waals surface area contributed by atoms with Gasteiger partial charge in [0, 0.05) is 0 Å². The average molecular weight is 166 g/mol. The van der Waals surface area contributed by atoms with E-state index in [1.54, 1.807) is 32.2 Å². The molecule has 0 aromatic carbocycles. The summed E-state index contributed by atoms with van der Waals surface area (Å²) in [5.41, 5.74) is -0.806. The first kappa shape index (κ1) is 9.00. The van der Waals surface area contributed by atoms with Gasteiger partial charge < -0.3 is 9.84 Å². The maximum absolute atomic E-state index is 9.33. The van der Waals surface area contributed by atoms with Crippen LogP contribution in [0.25, 0.3) is 0 Å². The second-order valence-electron chi connectivity index (χ2n) is 3.22. The molecule has 0 amide bonds. The molecular formula is C9H12NO2. The van der Waals surface area contributed by atoms with E-state index >= 15 is 0 Å². The minimum absolute atomic E-state index is 0.263. The third kappa shape index (κ3) is 3.34. The van der Waals surface area contributed by atoms with Crippen LogP contribution in [0.15, 0.2) is 18.3 Å². The predicted molar refractivity (Wildman–Crippen MR) is 44.9 cm³/mol. The second kappa shape index (κ2) is 3.54. The van der Waals surface area contributed by atoms with Gasteiger partial charge in [-0.05, 0) is 26.0 Å². The standard InChI is InChI=1S/C9H12NO2/c1-9(2,11)7-12-8-4-3-5-10-6-8/h3-4,6,11H,7H2,1-2H3. The number of aromatic nitrogens is 1. The molecule has 0 saturated heterocycles. The Kier molecular flexibility index (Phi) is 2.65. The Labute approximate surface area is 72.0 Å². The summed E-state index contributed by atoms with van der Waals surface area (Å²) in [4.78, 5) is 3.75. The van der Waals surface area contributed by atoms with E-state index in [1.807, 2.05) is 0 Å². The quantitative estimate of drug-likeness (QED) is 0.729. The van der Waals surface area contributed by atoms with Gasteiger partial charge in [0.15, 0.2) is 0 Å². The molecule has 0 atom stereocenters. The van der Waals surface area contributed by atoms with Gasteiger partial charge in [-0.15, -0.1) is 0 Å². The van der Waals surface area contributed by atoms with Gasteiger partial charge in [0.2, 0.25) is 0 Å². The van der Waals surface area contributed by atoms with Gasteiger partial charge in [-0.1, -0.05) is 0 Å². The summed E-state index contributed by atoms with van der Waals surface area (Å²) in [5.74, 6) is 0.649. The molecule has 1 N–H and O–H groups in total. The highest BCUT2D eigenvalue weighted by Gasteiger charge is 2.12. The molecule has 0 unspecified atom stereocenters. The highest BCUT2D eigenvalue weighted by Crippen LogP contribution is 2.09. The Balaban J connectivity index is 2.44. The second-order valence-corrected chi connectivity index (χ2v) is 3.22. The lowest BCUT2D eigenvalue weighted by atomic mass is 10.2. The van der Waals surface area contributed by atoms with Crippen molar-refractivity contribution in [2.24, 2.45) is 0 Å². The van der Waals surface area contributed by atoms with Crippen molar-refractivity contribution in [3.8, 4) is 5.75 Å². The van der Waals surface area contributed by atoms with Gasteiger partial charge in [0.05, 0.1) is 18.0 Å². The lowest BCUT2D eigenvalue weighted by molar-refractivity contribution is 0.0283. The van der Waals surface area contributed by atoms with Crippen LogP contribution < -0.4 is 4.74 Å². The van der Waals surface area contributed by atoms with Gasteiger partial charge in [0.1, 0.15) is 12.4 Å². The van der Waals surface area contributed by atoms with Crippen molar-refractivity contribution in [1.82, 2.24) is 4.98 Å². The predicted octanol–water partition coefficient (Wildman–Crippen LogP) is 1.03. The molecule has 0 aliphatic heterocycles. The molecule has 0 aliphatic carbocycles. The molecule has 1 aromatic rings. The fourth-order valence-electron chi connectivity index (χ4n) is 0.652. The van der Waals surface area contributed by atoms with Gasteiger partial charge in [-0.3, -0.25) is 4.98 Å². The Morgan fingerprint density at radius 2 is 2.42 bits per heavy atom. The van der Waals surface area contributed by atoms with Crippen LogP contribution in [0.3, 0.4) is 0 Å². The van der Waals surface area contributed by atoms with Gasteiger partial charge in [-0.25, -0.2) is 0 Å². The maximum atomic E-state index is 9.33. The smallest absolute Gasteiger partial charge is 0.137 e. The lowest BCUT2D eigenvalue weighted by Crippen LogP contribution is -2.27. The number of aliphatic hydroxyl groups is 1. The lowest BCUT2D eigenvalue weighted by Gasteiger charge is -2.17. The van der Waals surface area contributed by atoms with Crippen molar-refractivity contribution < 1.29 is 9.84 Å². The minimum Gasteiger partial charge on any atom is -0.489 e. The fraction of sp³-hybridized carbons (Fsp3) is 0.444. The zero-order valence-electron chi connectivity index (χ0n) is 7.24. The van der Waals surface area contributed by atoms with Crippen LogP contribution >= 0.6 is 0 Å². The van der Waals surface area contributed by atoms with E-state index in [0.29, 0.717) is 5.75 Å². The third-order valence-corrected chi connectivity index (χ3v) is 1.18. The molecule has 3 nitrogen and oxygen atoms in total. The van der Waals surface area contributed by atoms with Crippen LogP contribution in [0.1, 0.15) is 13.8 Å². The van der Waals surface area contributed by atoms with Crippen LogP contribution in [0.2, 0.25) is 0 Å². The largest absolute Gasteiger partial charge is 0.489 e. The zero-order valence-corrected chi connectivity index (χ0v) is 7.24. The zero-order chi connectivity index (χ0) is 9.03. The molecule has 0 saturated carbocycles. The van der Waals surface area contributed by atoms with Crippen molar-refractivity contribution in [1.29, 1.82) is 0 Å². The van der Waals surface area contributed by atoms with Crippen LogP contribution in [0.5, 0.6) is 5.75 Å². The highest BCUT2D eigenvalue weighted by molar-refractivity contribution is 5.14. The fourth-order valence-corrected chi connectivity index (χ4v) is 0.652. The van der Waals surface area contributed by atoms with E-state index in [4.69, 9.17) is 4.74 Å². The van der Waals surface area contributed by atoms with Crippen molar-refractivity contribution in [3.05, 3.63) is 24.5 Å². The molecule has 1 rings (SSSR count). The molecule has 12 heavy (non-hydrogen) atoms. The van der Waals surface area contributed by atoms with Crippen molar-refractivity contribution in [2.75, 3.05) is 6.61 Å². The van der Waals surface area contributed by atoms with E-state index in [-0.39, 0.29) is 6.61 Å². The number of pyridine rings is 1. The van der Waals surface area contributed by atoms with Crippen LogP contribution in [0, 0.1) is 6.20 Å². The molecule has 0 aliphatic rings. The SMILES string of the molecule is CC(C)(O)COc1cc[c]nc1. The van der Waals surface area contributed by atoms with Gasteiger partial charge >= 0.3 is 0 Å². The summed E-state index contributed by atoms with van der Waals surface area (Å²) in [6, 6.07) is 3.42. The summed E-state index contributed by atoms with van der Waals surface area (Å²) in [7, 11) is 0. The normalized spacial score (nSPS) is 11.2. The van der Waals surface area contributed by atoms with Gasteiger partial charge in [-0.2, -0.15) is 0 Å². The Bertz CT molecular complexity index is 228. The Hall–Kier alpha value is -1.09. The molecule has 0 fully saturated rings. The first-order chi connectivity index (χ1) is 5.58. The number of hydrogen-bond acceptors (Lipinski definition) is 3. The molecule has 1 heterocycles. The van der Waals surface area contributed by atoms with E-state index in [2.05, 4.69) is 11.2 Å². The number of ether oxygens (including phenoxy) is 1. The van der Waals surface area contributed by atoms with Crippen molar-refractivity contribution in [3.63, 3.8) is 0 Å². The maximum Gasteiger partial charge on any atom is 0.137 e. The minimum atomic E-state index is -0.806. The molecule has 1 aromatic heterocycles. The van der Waals surface area contributed by atoms with E-state index in [0.717, 1.165) is 0 Å². The van der Waals surface area contributed by atoms with E-state index < -0.39 is 5.60 Å². The van der Waals surface area contributed by atoms with Crippen LogP contribution in [-0.4, -0.2) is 22.3 Å². The van der Waals surface area contributed by atoms with Crippen LogP contribution in [0.4, 0.5) is 0 Å². The third-order valence-electron chi connectivity index (χ3n) is 1.18. The summed E-state index contributed by atoms with van der Waals surface area (Å²) in [6.07, 6.45) is 4.20. The molecule has 65 valence electrons. The summed E-state index contributed by atoms with van der Waals surface area (Å²) >= 11 is 0. The Morgan fingerprint density at radius 1 is 1.67 bits per heavy atom. The molecule has 1 radical (unpaired) electrons. The molecular weight excluding hydrogens is 154 g/mol. The highest BCUT2D eigenvalue weighted by atomic mass is 16.5. The molecule has 0 bridgehead atoms. The van der Waals surface area contributed by atoms with E-state index in [9.17, 15) is 5.11 Å². The number of rotatable bonds is 3. The van der Waals surface area contributed by atoms with Crippen molar-refractivity contribution >= 4 is 0 Å². The van der Waals surface area contributed by atoms with Gasteiger partial charge in [0.25, 0.3) is 0 Å². The molecule has 3 heteroatoms. The summed E-state index contributed by atoms with van der Waals surface area (Å²) in [6.45, 7) is 3.64. The number of hydrogen-bond donors (Lipinski definition) is 1. The summed E-state index contributed by atoms with van der Waals surface area (Å²) in [5, 5.41) is 9.33. The first-order valence-electron chi connectivity index (χ1n) is 3.75. The number of nitrogens with zero attached hydrogens (tertiary/aromatic N) is 1. The van der Waals surface area contributed by atoms with Crippen LogP contribution in [-0.2, 0) is 0 Å². The first-order valence-corrected chi connectivity index (χ1v) is 3.75. The topological polar surface area (TPSA) is 42.4 Å². The monoisotopic (exact) mass is 166 g/mol.